The average molecular weight is 457 g/mol. The third-order valence-corrected chi connectivity index (χ3v) is 4.98. The minimum Gasteiger partial charge on any atom is -0.507 e. The topological polar surface area (TPSA) is 173 Å². The number of carbonyl (C=O) groups excluding carboxylic acids is 2. The largest absolute Gasteiger partial charge is 0.507 e. The standard InChI is InChI=1S/C21H19N3O9/c25-8-10-33-9-7-22-18(13-3-1-5-15(11-13)23(29)30)17(20(27)21(22)28)19(26)14-4-2-6-16(12-14)24(31)32/h1-6,11-12,18,25-26H,7-10H2/b19-17-. The number of aliphatic hydroxyl groups excluding tert-OH is 2. The Morgan fingerprint density at radius 3 is 2.27 bits per heavy atom. The molecule has 2 aromatic carbocycles. The van der Waals surface area contributed by atoms with Crippen molar-refractivity contribution >= 4 is 28.8 Å². The summed E-state index contributed by atoms with van der Waals surface area (Å²) in [7, 11) is 0. The van der Waals surface area contributed by atoms with E-state index in [1.807, 2.05) is 0 Å². The molecule has 2 aromatic rings. The maximum Gasteiger partial charge on any atom is 0.295 e. The number of ether oxygens (including phenoxy) is 1. The molecular formula is C21H19N3O9. The van der Waals surface area contributed by atoms with E-state index in [9.17, 15) is 34.9 Å². The maximum atomic E-state index is 12.9. The number of nitro groups is 2. The van der Waals surface area contributed by atoms with Gasteiger partial charge in [-0.25, -0.2) is 0 Å². The van der Waals surface area contributed by atoms with E-state index in [2.05, 4.69) is 0 Å². The van der Waals surface area contributed by atoms with Crippen molar-refractivity contribution in [2.24, 2.45) is 0 Å². The van der Waals surface area contributed by atoms with Crippen molar-refractivity contribution in [2.45, 2.75) is 6.04 Å². The Balaban J connectivity index is 2.14. The minimum absolute atomic E-state index is 0.000911. The van der Waals surface area contributed by atoms with E-state index in [-0.39, 0.29) is 54.4 Å². The van der Waals surface area contributed by atoms with Gasteiger partial charge in [0.1, 0.15) is 5.76 Å². The molecule has 1 heterocycles. The normalized spacial score (nSPS) is 17.4. The highest BCUT2D eigenvalue weighted by molar-refractivity contribution is 6.46. The van der Waals surface area contributed by atoms with Crippen molar-refractivity contribution in [3.05, 3.63) is 85.5 Å². The van der Waals surface area contributed by atoms with Crippen molar-refractivity contribution in [1.82, 2.24) is 4.90 Å². The monoisotopic (exact) mass is 457 g/mol. The number of carbonyl (C=O) groups is 2. The molecule has 1 unspecified atom stereocenters. The molecule has 2 N–H and O–H groups in total. The SMILES string of the molecule is O=C1C(=O)N(CCOCCO)C(c2cccc([N+](=O)[O-])c2)/C1=C(/O)c1cccc([N+](=O)[O-])c1. The number of benzene rings is 2. The lowest BCUT2D eigenvalue weighted by atomic mass is 9.95. The number of amides is 1. The zero-order valence-corrected chi connectivity index (χ0v) is 17.1. The fourth-order valence-corrected chi connectivity index (χ4v) is 3.52. The summed E-state index contributed by atoms with van der Waals surface area (Å²) in [6.07, 6.45) is 0. The van der Waals surface area contributed by atoms with E-state index in [1.165, 1.54) is 42.5 Å². The van der Waals surface area contributed by atoms with E-state index < -0.39 is 33.3 Å². The number of likely N-dealkylation sites (tertiary alicyclic amines) is 1. The van der Waals surface area contributed by atoms with Gasteiger partial charge in [0.25, 0.3) is 23.1 Å². The minimum atomic E-state index is -1.19. The van der Waals surface area contributed by atoms with E-state index in [1.54, 1.807) is 0 Å². The summed E-state index contributed by atoms with van der Waals surface area (Å²) >= 11 is 0. The van der Waals surface area contributed by atoms with Gasteiger partial charge in [-0.2, -0.15) is 0 Å². The van der Waals surface area contributed by atoms with Gasteiger partial charge in [0, 0.05) is 36.4 Å². The van der Waals surface area contributed by atoms with Crippen molar-refractivity contribution in [1.29, 1.82) is 0 Å². The number of nitrogens with zero attached hydrogens (tertiary/aromatic N) is 3. The van der Waals surface area contributed by atoms with Crippen LogP contribution in [-0.4, -0.2) is 63.0 Å². The van der Waals surface area contributed by atoms with E-state index in [0.717, 1.165) is 11.0 Å². The van der Waals surface area contributed by atoms with Crippen LogP contribution in [0, 0.1) is 20.2 Å². The highest BCUT2D eigenvalue weighted by Crippen LogP contribution is 2.40. The Labute approximate surface area is 186 Å². The smallest absolute Gasteiger partial charge is 0.295 e. The quantitative estimate of drug-likeness (QED) is 0.142. The summed E-state index contributed by atoms with van der Waals surface area (Å²) in [4.78, 5) is 47.8. The van der Waals surface area contributed by atoms with Gasteiger partial charge >= 0.3 is 0 Å². The summed E-state index contributed by atoms with van der Waals surface area (Å²) in [5.41, 5.74) is -0.850. The predicted molar refractivity (Wildman–Crippen MR) is 113 cm³/mol. The summed E-state index contributed by atoms with van der Waals surface area (Å²) in [6.45, 7) is -0.404. The second kappa shape index (κ2) is 9.97. The summed E-state index contributed by atoms with van der Waals surface area (Å²) in [5.74, 6) is -2.66. The highest BCUT2D eigenvalue weighted by Gasteiger charge is 2.46. The average Bonchev–Trinajstić information content (AvgIpc) is 3.06. The molecule has 12 nitrogen and oxygen atoms in total. The van der Waals surface area contributed by atoms with Crippen LogP contribution >= 0.6 is 0 Å². The van der Waals surface area contributed by atoms with Gasteiger partial charge < -0.3 is 19.8 Å². The van der Waals surface area contributed by atoms with Gasteiger partial charge in [0.2, 0.25) is 0 Å². The molecule has 1 saturated heterocycles. The molecule has 1 amide bonds. The maximum absolute atomic E-state index is 12.9. The number of hydrogen-bond donors (Lipinski definition) is 2. The summed E-state index contributed by atoms with van der Waals surface area (Å²) in [5, 5.41) is 42.1. The van der Waals surface area contributed by atoms with Crippen LogP contribution in [0.1, 0.15) is 17.2 Å². The third kappa shape index (κ3) is 4.86. The number of hydrogen-bond acceptors (Lipinski definition) is 9. The lowest BCUT2D eigenvalue weighted by Gasteiger charge is -2.25. The van der Waals surface area contributed by atoms with Gasteiger partial charge in [-0.1, -0.05) is 24.3 Å². The molecule has 0 aromatic heterocycles. The van der Waals surface area contributed by atoms with Gasteiger partial charge in [-0.15, -0.1) is 0 Å². The Morgan fingerprint density at radius 1 is 1.00 bits per heavy atom. The van der Waals surface area contributed by atoms with Crippen LogP contribution in [0.4, 0.5) is 11.4 Å². The Kier molecular flexibility index (Phi) is 7.10. The van der Waals surface area contributed by atoms with Crippen molar-refractivity contribution in [2.75, 3.05) is 26.4 Å². The second-order valence-corrected chi connectivity index (χ2v) is 6.99. The van der Waals surface area contributed by atoms with Gasteiger partial charge in [-0.3, -0.25) is 29.8 Å². The first-order valence-electron chi connectivity index (χ1n) is 9.72. The predicted octanol–water partition coefficient (Wildman–Crippen LogP) is 1.93. The molecule has 1 aliphatic heterocycles. The highest BCUT2D eigenvalue weighted by atomic mass is 16.6. The number of aliphatic hydroxyl groups is 2. The number of nitro benzene ring substituents is 2. The molecule has 3 rings (SSSR count). The van der Waals surface area contributed by atoms with Crippen LogP contribution in [0.3, 0.4) is 0 Å². The van der Waals surface area contributed by atoms with Crippen LogP contribution in [0.2, 0.25) is 0 Å². The van der Waals surface area contributed by atoms with Crippen molar-refractivity contribution < 1.29 is 34.4 Å². The Bertz CT molecular complexity index is 1150. The number of ketones is 1. The fraction of sp³-hybridized carbons (Fsp3) is 0.238. The molecular weight excluding hydrogens is 438 g/mol. The molecule has 12 heteroatoms. The molecule has 33 heavy (non-hydrogen) atoms. The first kappa shape index (κ1) is 23.5. The van der Waals surface area contributed by atoms with E-state index in [0.29, 0.717) is 0 Å². The molecule has 1 aliphatic rings. The first-order valence-corrected chi connectivity index (χ1v) is 9.72. The molecule has 0 spiro atoms. The Morgan fingerprint density at radius 2 is 1.64 bits per heavy atom. The van der Waals surface area contributed by atoms with Gasteiger partial charge in [-0.05, 0) is 5.56 Å². The van der Waals surface area contributed by atoms with Crippen LogP contribution in [0.15, 0.2) is 54.1 Å². The van der Waals surface area contributed by atoms with Gasteiger partial charge in [0.15, 0.2) is 0 Å². The van der Waals surface area contributed by atoms with Crippen molar-refractivity contribution in [3.63, 3.8) is 0 Å². The Hall–Kier alpha value is -4.16. The molecule has 0 aliphatic carbocycles. The zero-order chi connectivity index (χ0) is 24.1. The van der Waals surface area contributed by atoms with Crippen LogP contribution in [-0.2, 0) is 14.3 Å². The van der Waals surface area contributed by atoms with Crippen molar-refractivity contribution in [3.8, 4) is 0 Å². The van der Waals surface area contributed by atoms with Gasteiger partial charge in [0.05, 0.1) is 41.3 Å². The second-order valence-electron chi connectivity index (χ2n) is 6.99. The third-order valence-electron chi connectivity index (χ3n) is 4.98. The lowest BCUT2D eigenvalue weighted by molar-refractivity contribution is -0.385. The molecule has 0 radical (unpaired) electrons. The number of rotatable bonds is 9. The van der Waals surface area contributed by atoms with Crippen LogP contribution in [0.25, 0.3) is 5.76 Å². The summed E-state index contributed by atoms with van der Waals surface area (Å²) in [6, 6.07) is 8.97. The first-order chi connectivity index (χ1) is 15.8. The van der Waals surface area contributed by atoms with Crippen LogP contribution in [0.5, 0.6) is 0 Å². The molecule has 0 saturated carbocycles. The van der Waals surface area contributed by atoms with Crippen LogP contribution < -0.4 is 0 Å². The molecule has 1 fully saturated rings. The molecule has 172 valence electrons. The molecule has 1 atom stereocenters. The number of Topliss-reactive ketones (excluding diaryl/α,β-unsaturated/α-hetero) is 1. The molecule has 0 bridgehead atoms. The summed E-state index contributed by atoms with van der Waals surface area (Å²) < 4.78 is 5.18. The van der Waals surface area contributed by atoms with E-state index >= 15 is 0 Å². The van der Waals surface area contributed by atoms with E-state index in [4.69, 9.17) is 9.84 Å². The number of non-ortho nitro benzene ring substituents is 2. The zero-order valence-electron chi connectivity index (χ0n) is 17.1. The fourth-order valence-electron chi connectivity index (χ4n) is 3.52. The lowest BCUT2D eigenvalue weighted by Crippen LogP contribution is -2.33.